The molecule has 1 aromatic carbocycles. The summed E-state index contributed by atoms with van der Waals surface area (Å²) in [7, 11) is 0. The predicted octanol–water partition coefficient (Wildman–Crippen LogP) is 2.78. The van der Waals surface area contributed by atoms with Gasteiger partial charge in [0.15, 0.2) is 0 Å². The van der Waals surface area contributed by atoms with Crippen LogP contribution >= 0.6 is 0 Å². The second kappa shape index (κ2) is 6.86. The highest BCUT2D eigenvalue weighted by Crippen LogP contribution is 2.20. The van der Waals surface area contributed by atoms with Gasteiger partial charge in [-0.15, -0.1) is 0 Å². The van der Waals surface area contributed by atoms with Crippen LogP contribution in [-0.4, -0.2) is 36.2 Å². The van der Waals surface area contributed by atoms with Gasteiger partial charge in [-0.05, 0) is 43.6 Å². The molecule has 1 aromatic rings. The van der Waals surface area contributed by atoms with E-state index in [0.717, 1.165) is 25.2 Å². The summed E-state index contributed by atoms with van der Waals surface area (Å²) in [5.41, 5.74) is 0.904. The summed E-state index contributed by atoms with van der Waals surface area (Å²) in [6, 6.07) is 6.61. The molecule has 1 saturated heterocycles. The molecule has 0 radical (unpaired) electrons. The van der Waals surface area contributed by atoms with Crippen LogP contribution in [0.2, 0.25) is 0 Å². The summed E-state index contributed by atoms with van der Waals surface area (Å²) in [6.07, 6.45) is 5.09. The van der Waals surface area contributed by atoms with E-state index < -0.39 is 0 Å². The van der Waals surface area contributed by atoms with Crippen LogP contribution in [0.1, 0.15) is 37.2 Å². The molecule has 0 aromatic heterocycles. The van der Waals surface area contributed by atoms with E-state index in [0.29, 0.717) is 0 Å². The van der Waals surface area contributed by atoms with Crippen molar-refractivity contribution in [2.24, 2.45) is 0 Å². The van der Waals surface area contributed by atoms with Gasteiger partial charge in [-0.25, -0.2) is 4.39 Å². The van der Waals surface area contributed by atoms with Crippen LogP contribution in [0.15, 0.2) is 24.3 Å². The maximum atomic E-state index is 13.2. The number of benzene rings is 1. The SMILES string of the molecule is OCC(CN1CCCCCC1)c1cccc(F)c1. The monoisotopic (exact) mass is 251 g/mol. The number of halogens is 1. The molecule has 1 heterocycles. The first-order chi connectivity index (χ1) is 8.79. The first-order valence-corrected chi connectivity index (χ1v) is 6.88. The van der Waals surface area contributed by atoms with Gasteiger partial charge in [-0.2, -0.15) is 0 Å². The van der Waals surface area contributed by atoms with Crippen molar-refractivity contribution in [3.8, 4) is 0 Å². The van der Waals surface area contributed by atoms with E-state index in [4.69, 9.17) is 0 Å². The van der Waals surface area contributed by atoms with Gasteiger partial charge >= 0.3 is 0 Å². The molecule has 3 heteroatoms. The molecule has 1 fully saturated rings. The Labute approximate surface area is 108 Å². The maximum Gasteiger partial charge on any atom is 0.123 e. The molecule has 1 N–H and O–H groups in total. The largest absolute Gasteiger partial charge is 0.396 e. The number of nitrogens with zero attached hydrogens (tertiary/aromatic N) is 1. The van der Waals surface area contributed by atoms with Crippen molar-refractivity contribution in [2.75, 3.05) is 26.2 Å². The zero-order chi connectivity index (χ0) is 12.8. The Morgan fingerprint density at radius 1 is 1.17 bits per heavy atom. The van der Waals surface area contributed by atoms with Crippen molar-refractivity contribution in [1.82, 2.24) is 4.90 Å². The summed E-state index contributed by atoms with van der Waals surface area (Å²) in [5.74, 6) is -0.194. The third-order valence-electron chi connectivity index (χ3n) is 3.72. The lowest BCUT2D eigenvalue weighted by Gasteiger charge is -2.25. The molecule has 0 bridgehead atoms. The average Bonchev–Trinajstić information content (AvgIpc) is 2.64. The Hall–Kier alpha value is -0.930. The Morgan fingerprint density at radius 2 is 1.89 bits per heavy atom. The van der Waals surface area contributed by atoms with Gasteiger partial charge in [-0.3, -0.25) is 0 Å². The standard InChI is InChI=1S/C15H22FNO/c16-15-7-5-6-13(10-15)14(12-18)11-17-8-3-1-2-4-9-17/h5-7,10,14,18H,1-4,8-9,11-12H2. The van der Waals surface area contributed by atoms with Gasteiger partial charge in [0.2, 0.25) is 0 Å². The molecule has 0 spiro atoms. The van der Waals surface area contributed by atoms with Crippen molar-refractivity contribution < 1.29 is 9.50 Å². The number of likely N-dealkylation sites (tertiary alicyclic amines) is 1. The third kappa shape index (κ3) is 3.79. The van der Waals surface area contributed by atoms with E-state index >= 15 is 0 Å². The number of hydrogen-bond acceptors (Lipinski definition) is 2. The second-order valence-electron chi connectivity index (χ2n) is 5.15. The fourth-order valence-electron chi connectivity index (χ4n) is 2.66. The van der Waals surface area contributed by atoms with E-state index in [9.17, 15) is 9.50 Å². The second-order valence-corrected chi connectivity index (χ2v) is 5.15. The van der Waals surface area contributed by atoms with Crippen molar-refractivity contribution >= 4 is 0 Å². The molecule has 2 rings (SSSR count). The molecule has 0 amide bonds. The van der Waals surface area contributed by atoms with Crippen molar-refractivity contribution in [2.45, 2.75) is 31.6 Å². The lowest BCUT2D eigenvalue weighted by atomic mass is 9.99. The minimum absolute atomic E-state index is 0.0267. The minimum atomic E-state index is -0.221. The van der Waals surface area contributed by atoms with Crippen molar-refractivity contribution in [3.63, 3.8) is 0 Å². The fourth-order valence-corrected chi connectivity index (χ4v) is 2.66. The van der Waals surface area contributed by atoms with Gasteiger partial charge in [0.1, 0.15) is 5.82 Å². The molecule has 100 valence electrons. The van der Waals surface area contributed by atoms with Crippen LogP contribution < -0.4 is 0 Å². The summed E-state index contributed by atoms with van der Waals surface area (Å²) >= 11 is 0. The number of aliphatic hydroxyl groups excluding tert-OH is 1. The van der Waals surface area contributed by atoms with E-state index in [2.05, 4.69) is 4.90 Å². The molecular formula is C15H22FNO. The molecule has 1 atom stereocenters. The summed E-state index contributed by atoms with van der Waals surface area (Å²) in [4.78, 5) is 2.40. The fraction of sp³-hybridized carbons (Fsp3) is 0.600. The Balaban J connectivity index is 1.99. The minimum Gasteiger partial charge on any atom is -0.396 e. The molecule has 18 heavy (non-hydrogen) atoms. The quantitative estimate of drug-likeness (QED) is 0.889. The Kier molecular flexibility index (Phi) is 5.14. The molecule has 0 aliphatic carbocycles. The van der Waals surface area contributed by atoms with Crippen LogP contribution in [0.3, 0.4) is 0 Å². The zero-order valence-corrected chi connectivity index (χ0v) is 10.8. The van der Waals surface area contributed by atoms with Crippen LogP contribution in [-0.2, 0) is 0 Å². The molecule has 1 unspecified atom stereocenters. The van der Waals surface area contributed by atoms with E-state index in [-0.39, 0.29) is 18.3 Å². The maximum absolute atomic E-state index is 13.2. The molecule has 1 aliphatic rings. The van der Waals surface area contributed by atoms with Crippen LogP contribution in [0.4, 0.5) is 4.39 Å². The third-order valence-corrected chi connectivity index (χ3v) is 3.72. The molecular weight excluding hydrogens is 229 g/mol. The van der Waals surface area contributed by atoms with Crippen LogP contribution in [0.25, 0.3) is 0 Å². The van der Waals surface area contributed by atoms with Crippen LogP contribution in [0.5, 0.6) is 0 Å². The average molecular weight is 251 g/mol. The lowest BCUT2D eigenvalue weighted by molar-refractivity contribution is 0.203. The van der Waals surface area contributed by atoms with Crippen LogP contribution in [0, 0.1) is 5.82 Å². The van der Waals surface area contributed by atoms with Gasteiger partial charge in [0.25, 0.3) is 0 Å². The van der Waals surface area contributed by atoms with Gasteiger partial charge in [0, 0.05) is 12.5 Å². The summed E-state index contributed by atoms with van der Waals surface area (Å²) < 4.78 is 13.2. The van der Waals surface area contributed by atoms with Gasteiger partial charge in [-0.1, -0.05) is 25.0 Å². The normalized spacial score (nSPS) is 19.4. The number of hydrogen-bond donors (Lipinski definition) is 1. The highest BCUT2D eigenvalue weighted by atomic mass is 19.1. The smallest absolute Gasteiger partial charge is 0.123 e. The molecule has 0 saturated carbocycles. The molecule has 1 aliphatic heterocycles. The highest BCUT2D eigenvalue weighted by molar-refractivity contribution is 5.21. The Morgan fingerprint density at radius 3 is 2.50 bits per heavy atom. The Bertz CT molecular complexity index is 361. The van der Waals surface area contributed by atoms with Gasteiger partial charge in [0.05, 0.1) is 6.61 Å². The zero-order valence-electron chi connectivity index (χ0n) is 10.8. The van der Waals surface area contributed by atoms with E-state index in [1.165, 1.54) is 31.7 Å². The first-order valence-electron chi connectivity index (χ1n) is 6.88. The number of rotatable bonds is 4. The van der Waals surface area contributed by atoms with E-state index in [1.54, 1.807) is 12.1 Å². The number of aliphatic hydroxyl groups is 1. The topological polar surface area (TPSA) is 23.5 Å². The molecule has 2 nitrogen and oxygen atoms in total. The highest BCUT2D eigenvalue weighted by Gasteiger charge is 2.17. The lowest BCUT2D eigenvalue weighted by Crippen LogP contribution is -2.31. The summed E-state index contributed by atoms with van der Waals surface area (Å²) in [6.45, 7) is 3.12. The van der Waals surface area contributed by atoms with E-state index in [1.807, 2.05) is 6.07 Å². The van der Waals surface area contributed by atoms with Crippen molar-refractivity contribution in [1.29, 1.82) is 0 Å². The van der Waals surface area contributed by atoms with Gasteiger partial charge < -0.3 is 10.0 Å². The summed E-state index contributed by atoms with van der Waals surface area (Å²) in [5, 5.41) is 9.52. The predicted molar refractivity (Wildman–Crippen MR) is 71.1 cm³/mol. The van der Waals surface area contributed by atoms with Crippen molar-refractivity contribution in [3.05, 3.63) is 35.6 Å². The first kappa shape index (κ1) is 13.5.